The van der Waals surface area contributed by atoms with Crippen molar-refractivity contribution in [2.45, 2.75) is 31.5 Å². The highest BCUT2D eigenvalue weighted by Crippen LogP contribution is 2.29. The van der Waals surface area contributed by atoms with Crippen molar-refractivity contribution >= 4 is 34.0 Å². The maximum Gasteiger partial charge on any atom is 0.411 e. The van der Waals surface area contributed by atoms with Gasteiger partial charge in [0, 0.05) is 44.8 Å². The first-order chi connectivity index (χ1) is 18.5. The van der Waals surface area contributed by atoms with E-state index in [1.165, 1.54) is 11.3 Å². The minimum Gasteiger partial charge on any atom is -0.446 e. The fourth-order valence-electron chi connectivity index (χ4n) is 4.98. The molecule has 2 aliphatic heterocycles. The molecule has 8 nitrogen and oxygen atoms in total. The fraction of sp³-hybridized carbons (Fsp3) is 0.379. The highest BCUT2D eigenvalue weighted by molar-refractivity contribution is 7.18. The molecule has 1 atom stereocenters. The number of rotatable bonds is 8. The van der Waals surface area contributed by atoms with E-state index in [4.69, 9.17) is 4.74 Å². The fourth-order valence-corrected chi connectivity index (χ4v) is 5.94. The zero-order chi connectivity index (χ0) is 26.3. The Balaban J connectivity index is 1.02. The topological polar surface area (TPSA) is 94.1 Å². The second-order valence-corrected chi connectivity index (χ2v) is 10.8. The van der Waals surface area contributed by atoms with Crippen molar-refractivity contribution < 1.29 is 19.4 Å². The summed E-state index contributed by atoms with van der Waals surface area (Å²) in [5, 5.41) is 16.7. The second-order valence-electron chi connectivity index (χ2n) is 9.77. The number of carbonyl (C=O) groups is 2. The summed E-state index contributed by atoms with van der Waals surface area (Å²) in [5.74, 6) is -0.0633. The molecule has 2 amide bonds. The molecule has 200 valence electrons. The van der Waals surface area contributed by atoms with Gasteiger partial charge >= 0.3 is 6.09 Å². The number of β-amino-alcohol motifs (C(OH)–C–C–N with tert-alkyl or cyclic N) is 1. The molecule has 3 N–H and O–H groups in total. The first kappa shape index (κ1) is 26.2. The molecule has 1 aromatic heterocycles. The Morgan fingerprint density at radius 3 is 2.47 bits per heavy atom. The average Bonchev–Trinajstić information content (AvgIpc) is 3.60. The van der Waals surface area contributed by atoms with Gasteiger partial charge < -0.3 is 25.0 Å². The monoisotopic (exact) mass is 534 g/mol. The number of nitrogens with one attached hydrogen (secondary N) is 2. The number of carbonyl (C=O) groups excluding carboxylic acids is 2. The largest absolute Gasteiger partial charge is 0.446 e. The van der Waals surface area contributed by atoms with Gasteiger partial charge in [0.25, 0.3) is 5.91 Å². The van der Waals surface area contributed by atoms with Crippen molar-refractivity contribution in [3.05, 3.63) is 71.6 Å². The highest BCUT2D eigenvalue weighted by Gasteiger charge is 2.24. The number of aliphatic hydroxyl groups excluding tert-OH is 1. The van der Waals surface area contributed by atoms with Gasteiger partial charge in [-0.15, -0.1) is 11.3 Å². The smallest absolute Gasteiger partial charge is 0.411 e. The van der Waals surface area contributed by atoms with Crippen molar-refractivity contribution in [2.75, 3.05) is 49.5 Å². The zero-order valence-corrected chi connectivity index (χ0v) is 22.2. The lowest BCUT2D eigenvalue weighted by Crippen LogP contribution is -2.42. The number of para-hydroxylation sites is 1. The number of ether oxygens (including phenoxy) is 1. The zero-order valence-electron chi connectivity index (χ0n) is 21.3. The molecule has 0 saturated carbocycles. The molecule has 9 heteroatoms. The number of aliphatic hydroxyl groups is 1. The van der Waals surface area contributed by atoms with Crippen LogP contribution in [0.2, 0.25) is 0 Å². The standard InChI is InChI=1S/C29H34N4O4S/c34-22-12-18-33(20-22)27-11-10-26(38-27)28(35)30-15-19-32-16-13-23(14-17-32)37-29(36)31-25-9-5-4-8-24(25)21-6-2-1-3-7-21/h1-11,22-23,34H,12-20H2,(H,30,35)(H,31,36). The molecule has 38 heavy (non-hydrogen) atoms. The van der Waals surface area contributed by atoms with Crippen molar-refractivity contribution in [2.24, 2.45) is 0 Å². The number of piperidine rings is 1. The first-order valence-corrected chi connectivity index (χ1v) is 14.0. The predicted molar refractivity (Wildman–Crippen MR) is 151 cm³/mol. The Morgan fingerprint density at radius 2 is 1.71 bits per heavy atom. The van der Waals surface area contributed by atoms with Gasteiger partial charge in [-0.1, -0.05) is 48.5 Å². The van der Waals surface area contributed by atoms with Crippen LogP contribution in [-0.2, 0) is 4.74 Å². The van der Waals surface area contributed by atoms with Gasteiger partial charge in [0.15, 0.2) is 0 Å². The number of anilines is 2. The molecule has 3 aromatic rings. The van der Waals surface area contributed by atoms with E-state index in [-0.39, 0.29) is 18.1 Å². The van der Waals surface area contributed by atoms with E-state index in [0.717, 1.165) is 67.3 Å². The first-order valence-electron chi connectivity index (χ1n) is 13.2. The van der Waals surface area contributed by atoms with Crippen LogP contribution in [0.5, 0.6) is 0 Å². The van der Waals surface area contributed by atoms with Crippen LogP contribution >= 0.6 is 11.3 Å². The molecule has 5 rings (SSSR count). The van der Waals surface area contributed by atoms with Crippen LogP contribution in [0.15, 0.2) is 66.7 Å². The summed E-state index contributed by atoms with van der Waals surface area (Å²) in [5.41, 5.74) is 2.72. The summed E-state index contributed by atoms with van der Waals surface area (Å²) < 4.78 is 5.72. The third-order valence-electron chi connectivity index (χ3n) is 7.06. The minimum atomic E-state index is -0.433. The van der Waals surface area contributed by atoms with Crippen LogP contribution in [-0.4, -0.2) is 73.5 Å². The SMILES string of the molecule is O=C(Nc1ccccc1-c1ccccc1)OC1CCN(CCNC(=O)c2ccc(N3CCC(O)C3)s2)CC1. The van der Waals surface area contributed by atoms with Gasteiger partial charge in [-0.05, 0) is 43.0 Å². The number of hydrogen-bond acceptors (Lipinski definition) is 7. The summed E-state index contributed by atoms with van der Waals surface area (Å²) in [7, 11) is 0. The van der Waals surface area contributed by atoms with Crippen molar-refractivity contribution in [3.63, 3.8) is 0 Å². The van der Waals surface area contributed by atoms with Crippen LogP contribution in [0.1, 0.15) is 28.9 Å². The van der Waals surface area contributed by atoms with Crippen molar-refractivity contribution in [3.8, 4) is 11.1 Å². The Hall–Kier alpha value is -3.40. The molecule has 0 spiro atoms. The molecule has 0 radical (unpaired) electrons. The molecule has 2 saturated heterocycles. The highest BCUT2D eigenvalue weighted by atomic mass is 32.1. The number of likely N-dealkylation sites (tertiary alicyclic amines) is 1. The van der Waals surface area contributed by atoms with Gasteiger partial charge in [-0.3, -0.25) is 10.1 Å². The molecule has 0 aliphatic carbocycles. The quantitative estimate of drug-likeness (QED) is 0.396. The number of thiophene rings is 1. The molecule has 2 aliphatic rings. The van der Waals surface area contributed by atoms with Crippen molar-refractivity contribution in [1.29, 1.82) is 0 Å². The summed E-state index contributed by atoms with van der Waals surface area (Å²) in [4.78, 5) is 30.3. The molecule has 0 bridgehead atoms. The number of nitrogens with zero attached hydrogens (tertiary/aromatic N) is 2. The summed E-state index contributed by atoms with van der Waals surface area (Å²) in [6.07, 6.45) is 1.45. The molecule has 1 unspecified atom stereocenters. The number of amides is 2. The molecule has 2 fully saturated rings. The second kappa shape index (κ2) is 12.4. The molecular formula is C29H34N4O4S. The minimum absolute atomic E-state index is 0.0633. The van der Waals surface area contributed by atoms with E-state index in [9.17, 15) is 14.7 Å². The number of benzene rings is 2. The van der Waals surface area contributed by atoms with E-state index in [1.807, 2.05) is 66.7 Å². The van der Waals surface area contributed by atoms with Gasteiger partial charge in [-0.2, -0.15) is 0 Å². The van der Waals surface area contributed by atoms with Crippen molar-refractivity contribution in [1.82, 2.24) is 10.2 Å². The number of hydrogen-bond donors (Lipinski definition) is 3. The Bertz CT molecular complexity index is 1230. The molecule has 2 aromatic carbocycles. The van der Waals surface area contributed by atoms with Gasteiger partial charge in [-0.25, -0.2) is 4.79 Å². The Morgan fingerprint density at radius 1 is 0.947 bits per heavy atom. The van der Waals surface area contributed by atoms with Crippen LogP contribution in [0.25, 0.3) is 11.1 Å². The maximum atomic E-state index is 12.6. The summed E-state index contributed by atoms with van der Waals surface area (Å²) in [6, 6.07) is 21.5. The summed E-state index contributed by atoms with van der Waals surface area (Å²) >= 11 is 1.47. The van der Waals surface area contributed by atoms with Crippen LogP contribution in [0.4, 0.5) is 15.5 Å². The summed E-state index contributed by atoms with van der Waals surface area (Å²) in [6.45, 7) is 4.40. The lowest BCUT2D eigenvalue weighted by atomic mass is 10.0. The Labute approximate surface area is 227 Å². The third kappa shape index (κ3) is 6.72. The van der Waals surface area contributed by atoms with E-state index in [2.05, 4.69) is 20.4 Å². The van der Waals surface area contributed by atoms with Gasteiger partial charge in [0.2, 0.25) is 0 Å². The molecule has 3 heterocycles. The predicted octanol–water partition coefficient (Wildman–Crippen LogP) is 4.43. The molecular weight excluding hydrogens is 500 g/mol. The normalized spacial score (nSPS) is 18.3. The average molecular weight is 535 g/mol. The van der Waals surface area contributed by atoms with E-state index in [1.54, 1.807) is 0 Å². The van der Waals surface area contributed by atoms with Crippen LogP contribution < -0.4 is 15.5 Å². The van der Waals surface area contributed by atoms with E-state index in [0.29, 0.717) is 18.0 Å². The lowest BCUT2D eigenvalue weighted by molar-refractivity contribution is 0.0587. The lowest BCUT2D eigenvalue weighted by Gasteiger charge is -2.31. The van der Waals surface area contributed by atoms with Gasteiger partial charge in [0.1, 0.15) is 6.10 Å². The van der Waals surface area contributed by atoms with Crippen LogP contribution in [0.3, 0.4) is 0 Å². The maximum absolute atomic E-state index is 12.6. The third-order valence-corrected chi connectivity index (χ3v) is 8.21. The van der Waals surface area contributed by atoms with E-state index >= 15 is 0 Å². The Kier molecular flexibility index (Phi) is 8.58. The van der Waals surface area contributed by atoms with E-state index < -0.39 is 6.09 Å². The van der Waals surface area contributed by atoms with Gasteiger partial charge in [0.05, 0.1) is 21.7 Å². The van der Waals surface area contributed by atoms with Crippen LogP contribution in [0, 0.1) is 0 Å².